The number of hydrogen-bond acceptors (Lipinski definition) is 6. The molecule has 6 nitrogen and oxygen atoms in total. The van der Waals surface area contributed by atoms with Gasteiger partial charge >= 0.3 is 0 Å². The Balaban J connectivity index is 1.28. The number of nitrogens with zero attached hydrogens (tertiary/aromatic N) is 3. The van der Waals surface area contributed by atoms with Gasteiger partial charge in [0.2, 0.25) is 5.95 Å². The highest BCUT2D eigenvalue weighted by Gasteiger charge is 2.21. The van der Waals surface area contributed by atoms with Gasteiger partial charge in [0, 0.05) is 43.7 Å². The van der Waals surface area contributed by atoms with Crippen LogP contribution in [-0.2, 0) is 0 Å². The molecule has 4 rings (SSSR count). The topological polar surface area (TPSA) is 62.3 Å². The van der Waals surface area contributed by atoms with E-state index in [0.29, 0.717) is 12.1 Å². The molecule has 0 aliphatic heterocycles. The van der Waals surface area contributed by atoms with Gasteiger partial charge in [0.1, 0.15) is 11.6 Å². The van der Waals surface area contributed by atoms with Gasteiger partial charge in [-0.1, -0.05) is 42.5 Å². The molecule has 1 heterocycles. The van der Waals surface area contributed by atoms with Gasteiger partial charge in [0.15, 0.2) is 0 Å². The molecule has 1 saturated carbocycles. The SMILES string of the molecule is COc1ccccc1/C=C/CN[C@H]1CC[C@@H](Nc2nc(N(C)C)c3ccccc3n2)CC1. The molecule has 1 aromatic heterocycles. The van der Waals surface area contributed by atoms with E-state index in [1.807, 2.05) is 44.4 Å². The molecule has 2 N–H and O–H groups in total. The molecule has 0 radical (unpaired) electrons. The molecule has 0 saturated heterocycles. The fraction of sp³-hybridized carbons (Fsp3) is 0.385. The second-order valence-corrected chi connectivity index (χ2v) is 8.53. The number of methoxy groups -OCH3 is 1. The molecular weight excluding hydrogens is 398 g/mol. The average Bonchev–Trinajstić information content (AvgIpc) is 2.82. The summed E-state index contributed by atoms with van der Waals surface area (Å²) in [6.45, 7) is 0.862. The van der Waals surface area contributed by atoms with Crippen LogP contribution in [0.25, 0.3) is 17.0 Å². The van der Waals surface area contributed by atoms with Gasteiger partial charge in [-0.25, -0.2) is 4.98 Å². The maximum absolute atomic E-state index is 5.41. The van der Waals surface area contributed by atoms with Crippen LogP contribution in [0, 0.1) is 0 Å². The van der Waals surface area contributed by atoms with Crippen molar-refractivity contribution in [2.75, 3.05) is 38.0 Å². The quantitative estimate of drug-likeness (QED) is 0.538. The first-order valence-corrected chi connectivity index (χ1v) is 11.4. The van der Waals surface area contributed by atoms with Crippen molar-refractivity contribution in [1.29, 1.82) is 0 Å². The molecule has 1 fully saturated rings. The van der Waals surface area contributed by atoms with E-state index in [1.54, 1.807) is 7.11 Å². The summed E-state index contributed by atoms with van der Waals surface area (Å²) in [6.07, 6.45) is 8.82. The van der Waals surface area contributed by atoms with Crippen LogP contribution < -0.4 is 20.3 Å². The van der Waals surface area contributed by atoms with Gasteiger partial charge in [0.25, 0.3) is 0 Å². The minimum absolute atomic E-state index is 0.411. The van der Waals surface area contributed by atoms with Crippen molar-refractivity contribution in [1.82, 2.24) is 15.3 Å². The maximum Gasteiger partial charge on any atom is 0.225 e. The highest BCUT2D eigenvalue weighted by Crippen LogP contribution is 2.26. The van der Waals surface area contributed by atoms with Crippen molar-refractivity contribution in [2.24, 2.45) is 0 Å². The molecule has 168 valence electrons. The zero-order valence-electron chi connectivity index (χ0n) is 19.2. The third-order valence-electron chi connectivity index (χ3n) is 6.03. The maximum atomic E-state index is 5.41. The Morgan fingerprint density at radius 2 is 1.69 bits per heavy atom. The van der Waals surface area contributed by atoms with E-state index in [-0.39, 0.29) is 0 Å². The van der Waals surface area contributed by atoms with Crippen LogP contribution in [0.2, 0.25) is 0 Å². The lowest BCUT2D eigenvalue weighted by atomic mass is 9.91. The van der Waals surface area contributed by atoms with Crippen molar-refractivity contribution in [2.45, 2.75) is 37.8 Å². The van der Waals surface area contributed by atoms with Crippen LogP contribution in [0.5, 0.6) is 5.75 Å². The molecule has 1 aliphatic rings. The van der Waals surface area contributed by atoms with Crippen molar-refractivity contribution in [3.8, 4) is 5.75 Å². The van der Waals surface area contributed by atoms with Crippen LogP contribution >= 0.6 is 0 Å². The standard InChI is InChI=1S/C26H33N5O/c1-31(2)25-22-11-5-6-12-23(22)29-26(30-25)28-21-16-14-20(15-17-21)27-18-8-10-19-9-4-7-13-24(19)32-3/h4-13,20-21,27H,14-18H2,1-3H3,(H,28,29,30)/b10-8+/t20-,21+. The molecule has 0 spiro atoms. The third-order valence-corrected chi connectivity index (χ3v) is 6.03. The minimum Gasteiger partial charge on any atom is -0.496 e. The number of rotatable bonds is 8. The largest absolute Gasteiger partial charge is 0.496 e. The highest BCUT2D eigenvalue weighted by atomic mass is 16.5. The molecule has 0 bridgehead atoms. The summed E-state index contributed by atoms with van der Waals surface area (Å²) in [7, 11) is 5.76. The van der Waals surface area contributed by atoms with Crippen LogP contribution in [0.15, 0.2) is 54.6 Å². The zero-order valence-corrected chi connectivity index (χ0v) is 19.2. The van der Waals surface area contributed by atoms with Crippen molar-refractivity contribution in [3.05, 3.63) is 60.2 Å². The Bertz CT molecular complexity index is 1060. The van der Waals surface area contributed by atoms with E-state index in [0.717, 1.165) is 66.2 Å². The van der Waals surface area contributed by atoms with Crippen LogP contribution in [-0.4, -0.2) is 49.8 Å². The van der Waals surface area contributed by atoms with E-state index < -0.39 is 0 Å². The van der Waals surface area contributed by atoms with Gasteiger partial charge in [-0.3, -0.25) is 0 Å². The molecule has 2 aromatic carbocycles. The number of fused-ring (bicyclic) bond motifs is 1. The lowest BCUT2D eigenvalue weighted by Gasteiger charge is -2.29. The molecule has 3 aromatic rings. The summed E-state index contributed by atoms with van der Waals surface area (Å²) in [5.74, 6) is 2.59. The van der Waals surface area contributed by atoms with Crippen LogP contribution in [0.3, 0.4) is 0 Å². The van der Waals surface area contributed by atoms with Crippen molar-refractivity contribution in [3.63, 3.8) is 0 Å². The average molecular weight is 432 g/mol. The monoisotopic (exact) mass is 431 g/mol. The van der Waals surface area contributed by atoms with Crippen LogP contribution in [0.4, 0.5) is 11.8 Å². The van der Waals surface area contributed by atoms with Gasteiger partial charge in [0.05, 0.1) is 12.6 Å². The first kappa shape index (κ1) is 22.1. The fourth-order valence-corrected chi connectivity index (χ4v) is 4.31. The van der Waals surface area contributed by atoms with E-state index in [1.165, 1.54) is 0 Å². The lowest BCUT2D eigenvalue weighted by molar-refractivity contribution is 0.363. The zero-order chi connectivity index (χ0) is 22.3. The number of hydrogen-bond donors (Lipinski definition) is 2. The molecule has 32 heavy (non-hydrogen) atoms. The van der Waals surface area contributed by atoms with Gasteiger partial charge in [-0.15, -0.1) is 0 Å². The summed E-state index contributed by atoms with van der Waals surface area (Å²) < 4.78 is 5.41. The number of nitrogens with one attached hydrogen (secondary N) is 2. The second kappa shape index (κ2) is 10.5. The van der Waals surface area contributed by atoms with Crippen molar-refractivity contribution >= 4 is 28.7 Å². The lowest BCUT2D eigenvalue weighted by Crippen LogP contribution is -2.37. The summed E-state index contributed by atoms with van der Waals surface area (Å²) in [4.78, 5) is 11.6. The van der Waals surface area contributed by atoms with Gasteiger partial charge < -0.3 is 20.3 Å². The normalized spacial score (nSPS) is 18.7. The fourth-order valence-electron chi connectivity index (χ4n) is 4.31. The van der Waals surface area contributed by atoms with Gasteiger partial charge in [-0.2, -0.15) is 4.98 Å². The Labute approximate surface area is 190 Å². The summed E-state index contributed by atoms with van der Waals surface area (Å²) in [5.41, 5.74) is 2.09. The first-order chi connectivity index (χ1) is 15.6. The van der Waals surface area contributed by atoms with E-state index in [2.05, 4.69) is 45.9 Å². The summed E-state index contributed by atoms with van der Waals surface area (Å²) in [6, 6.07) is 17.2. The number of anilines is 2. The summed E-state index contributed by atoms with van der Waals surface area (Å²) >= 11 is 0. The molecule has 1 aliphatic carbocycles. The highest BCUT2D eigenvalue weighted by molar-refractivity contribution is 5.90. The Morgan fingerprint density at radius 3 is 2.47 bits per heavy atom. The predicted molar refractivity (Wildman–Crippen MR) is 134 cm³/mol. The Hall–Kier alpha value is -3.12. The predicted octanol–water partition coefficient (Wildman–Crippen LogP) is 4.73. The molecule has 0 amide bonds. The Kier molecular flexibility index (Phi) is 7.22. The number of ether oxygens (including phenoxy) is 1. The molecule has 0 atom stereocenters. The first-order valence-electron chi connectivity index (χ1n) is 11.4. The smallest absolute Gasteiger partial charge is 0.225 e. The second-order valence-electron chi connectivity index (χ2n) is 8.53. The number of benzene rings is 2. The molecule has 0 unspecified atom stereocenters. The molecular formula is C26H33N5O. The van der Waals surface area contributed by atoms with Crippen LogP contribution in [0.1, 0.15) is 31.2 Å². The minimum atomic E-state index is 0.411. The molecule has 6 heteroatoms. The van der Waals surface area contributed by atoms with Crippen molar-refractivity contribution < 1.29 is 4.74 Å². The van der Waals surface area contributed by atoms with E-state index in [9.17, 15) is 0 Å². The third kappa shape index (κ3) is 5.37. The number of para-hydroxylation sites is 2. The summed E-state index contributed by atoms with van der Waals surface area (Å²) in [5, 5.41) is 8.34. The Morgan fingerprint density at radius 1 is 0.969 bits per heavy atom. The van der Waals surface area contributed by atoms with E-state index in [4.69, 9.17) is 14.7 Å². The van der Waals surface area contributed by atoms with Gasteiger partial charge in [-0.05, 0) is 43.9 Å². The number of aromatic nitrogens is 2. The van der Waals surface area contributed by atoms with E-state index >= 15 is 0 Å².